The zero-order chi connectivity index (χ0) is 28.4. The molecule has 7 nitrogen and oxygen atoms in total. The summed E-state index contributed by atoms with van der Waals surface area (Å²) < 4.78 is 65.3. The third-order valence-electron chi connectivity index (χ3n) is 7.51. The maximum absolute atomic E-state index is 13.1. The first kappa shape index (κ1) is 29.1. The van der Waals surface area contributed by atoms with Crippen LogP contribution in [0.1, 0.15) is 54.3 Å². The monoisotopic (exact) mass is 565 g/mol. The van der Waals surface area contributed by atoms with Gasteiger partial charge in [-0.2, -0.15) is 13.2 Å². The highest BCUT2D eigenvalue weighted by Gasteiger charge is 2.41. The minimum Gasteiger partial charge on any atom is -0.394 e. The summed E-state index contributed by atoms with van der Waals surface area (Å²) in [6.07, 6.45) is -3.94. The smallest absolute Gasteiger partial charge is 0.391 e. The number of aliphatic hydroxyl groups is 1. The first-order valence-electron chi connectivity index (χ1n) is 13.1. The molecule has 4 rings (SSSR count). The predicted octanol–water partition coefficient (Wildman–Crippen LogP) is 4.69. The van der Waals surface area contributed by atoms with Gasteiger partial charge in [-0.25, -0.2) is 8.42 Å². The van der Waals surface area contributed by atoms with Gasteiger partial charge in [0, 0.05) is 35.2 Å². The van der Waals surface area contributed by atoms with Crippen molar-refractivity contribution in [3.63, 3.8) is 0 Å². The van der Waals surface area contributed by atoms with Crippen LogP contribution in [0.2, 0.25) is 0 Å². The summed E-state index contributed by atoms with van der Waals surface area (Å²) in [5.41, 5.74) is 2.89. The van der Waals surface area contributed by atoms with Gasteiger partial charge in [-0.3, -0.25) is 9.69 Å². The number of piperidine rings is 1. The lowest BCUT2D eigenvalue weighted by Gasteiger charge is -2.33. The number of likely N-dealkylation sites (tertiary alicyclic amines) is 1. The van der Waals surface area contributed by atoms with Gasteiger partial charge < -0.3 is 15.0 Å². The quantitative estimate of drug-likeness (QED) is 0.393. The number of carbonyl (C=O) groups is 1. The number of sulfone groups is 1. The molecule has 212 valence electrons. The van der Waals surface area contributed by atoms with Gasteiger partial charge in [0.25, 0.3) is 5.91 Å². The molecule has 1 aliphatic rings. The van der Waals surface area contributed by atoms with Gasteiger partial charge in [-0.1, -0.05) is 19.1 Å². The first-order valence-corrected chi connectivity index (χ1v) is 14.8. The second-order valence-corrected chi connectivity index (χ2v) is 12.2. The number of alkyl halides is 3. The molecular weight excluding hydrogens is 531 g/mol. The molecule has 0 spiro atoms. The molecule has 1 atom stereocenters. The average Bonchev–Trinajstić information content (AvgIpc) is 3.27. The summed E-state index contributed by atoms with van der Waals surface area (Å²) in [6, 6.07) is 12.7. The van der Waals surface area contributed by atoms with Crippen molar-refractivity contribution >= 4 is 26.6 Å². The van der Waals surface area contributed by atoms with Crippen molar-refractivity contribution in [2.24, 2.45) is 5.92 Å². The lowest BCUT2D eigenvalue weighted by atomic mass is 9.96. The second-order valence-electron chi connectivity index (χ2n) is 9.93. The largest absolute Gasteiger partial charge is 0.394 e. The van der Waals surface area contributed by atoms with Gasteiger partial charge in [0.05, 0.1) is 29.2 Å². The zero-order valence-corrected chi connectivity index (χ0v) is 22.9. The van der Waals surface area contributed by atoms with E-state index in [0.717, 1.165) is 16.6 Å². The molecule has 2 N–H and O–H groups in total. The van der Waals surface area contributed by atoms with Crippen LogP contribution in [0.25, 0.3) is 10.9 Å². The maximum atomic E-state index is 13.1. The van der Waals surface area contributed by atoms with Crippen molar-refractivity contribution < 1.29 is 31.5 Å². The summed E-state index contributed by atoms with van der Waals surface area (Å²) in [4.78, 5) is 15.3. The normalized spacial score (nSPS) is 16.5. The molecule has 3 aromatic rings. The molecule has 1 unspecified atom stereocenters. The maximum Gasteiger partial charge on any atom is 0.391 e. The van der Waals surface area contributed by atoms with Crippen LogP contribution in [-0.4, -0.2) is 60.5 Å². The number of hydrogen-bond donors (Lipinski definition) is 2. The van der Waals surface area contributed by atoms with Crippen LogP contribution >= 0.6 is 0 Å². The minimum atomic E-state index is -4.14. The fraction of sp³-hybridized carbons (Fsp3) is 0.464. The number of rotatable bonds is 9. The lowest BCUT2D eigenvalue weighted by Crippen LogP contribution is -2.38. The Morgan fingerprint density at radius 2 is 1.74 bits per heavy atom. The van der Waals surface area contributed by atoms with Crippen molar-refractivity contribution in [3.8, 4) is 0 Å². The SMILES string of the molecule is CCn1c(CN2CCC(C(F)(F)F)CC2)cc2cc(C(=O)NC(CO)c3ccc(S(=O)(=O)CC)cc3)ccc21. The number of aliphatic hydroxyl groups excluding tert-OH is 1. The summed E-state index contributed by atoms with van der Waals surface area (Å²) in [5.74, 6) is -1.65. The van der Waals surface area contributed by atoms with Crippen LogP contribution in [0.15, 0.2) is 53.4 Å². The van der Waals surface area contributed by atoms with Crippen molar-refractivity contribution in [2.75, 3.05) is 25.4 Å². The van der Waals surface area contributed by atoms with Crippen LogP contribution in [0.5, 0.6) is 0 Å². The molecule has 1 aliphatic heterocycles. The molecule has 2 aromatic carbocycles. The number of nitrogens with zero attached hydrogens (tertiary/aromatic N) is 2. The molecule has 0 aliphatic carbocycles. The topological polar surface area (TPSA) is 91.6 Å². The highest BCUT2D eigenvalue weighted by atomic mass is 32.2. The van der Waals surface area contributed by atoms with Gasteiger partial charge >= 0.3 is 6.18 Å². The van der Waals surface area contributed by atoms with E-state index in [1.807, 2.05) is 24.0 Å². The van der Waals surface area contributed by atoms with E-state index in [1.165, 1.54) is 12.1 Å². The number of benzene rings is 2. The van der Waals surface area contributed by atoms with E-state index < -0.39 is 28.0 Å². The van der Waals surface area contributed by atoms with E-state index >= 15 is 0 Å². The van der Waals surface area contributed by atoms with Gasteiger partial charge in [0.15, 0.2) is 9.84 Å². The van der Waals surface area contributed by atoms with Crippen molar-refractivity contribution in [2.45, 2.75) is 56.9 Å². The molecule has 2 heterocycles. The molecule has 1 saturated heterocycles. The second kappa shape index (κ2) is 11.7. The van der Waals surface area contributed by atoms with E-state index in [1.54, 1.807) is 31.2 Å². The number of carbonyl (C=O) groups excluding carboxylic acids is 1. The molecule has 0 radical (unpaired) electrons. The van der Waals surface area contributed by atoms with Gasteiger partial charge in [-0.15, -0.1) is 0 Å². The van der Waals surface area contributed by atoms with Gasteiger partial charge in [0.1, 0.15) is 0 Å². The molecular formula is C28H34F3N3O4S. The van der Waals surface area contributed by atoms with Crippen LogP contribution in [0.3, 0.4) is 0 Å². The number of aromatic nitrogens is 1. The molecule has 0 bridgehead atoms. The van der Waals surface area contributed by atoms with E-state index in [2.05, 4.69) is 9.88 Å². The van der Waals surface area contributed by atoms with Crippen molar-refractivity contribution in [1.29, 1.82) is 0 Å². The third-order valence-corrected chi connectivity index (χ3v) is 9.26. The van der Waals surface area contributed by atoms with Gasteiger partial charge in [-0.05, 0) is 74.8 Å². The lowest BCUT2D eigenvalue weighted by molar-refractivity contribution is -0.185. The number of nitrogens with one attached hydrogen (secondary N) is 1. The Kier molecular flexibility index (Phi) is 8.72. The van der Waals surface area contributed by atoms with E-state index in [4.69, 9.17) is 0 Å². The number of halogens is 3. The van der Waals surface area contributed by atoms with E-state index in [9.17, 15) is 31.5 Å². The van der Waals surface area contributed by atoms with Crippen molar-refractivity contribution in [1.82, 2.24) is 14.8 Å². The fourth-order valence-corrected chi connectivity index (χ4v) is 6.06. The molecule has 0 saturated carbocycles. The number of fused-ring (bicyclic) bond motifs is 1. The Bertz CT molecular complexity index is 1410. The Morgan fingerprint density at radius 3 is 2.31 bits per heavy atom. The van der Waals surface area contributed by atoms with Crippen LogP contribution in [-0.2, 0) is 22.9 Å². The Labute approximate surface area is 226 Å². The Hall–Kier alpha value is -2.89. The predicted molar refractivity (Wildman–Crippen MR) is 143 cm³/mol. The zero-order valence-electron chi connectivity index (χ0n) is 22.0. The molecule has 1 aromatic heterocycles. The van der Waals surface area contributed by atoms with E-state index in [0.29, 0.717) is 37.3 Å². The Balaban J connectivity index is 1.48. The molecule has 11 heteroatoms. The van der Waals surface area contributed by atoms with E-state index in [-0.39, 0.29) is 36.0 Å². The molecule has 1 amide bonds. The van der Waals surface area contributed by atoms with Crippen molar-refractivity contribution in [3.05, 3.63) is 65.4 Å². The third kappa shape index (κ3) is 6.47. The summed E-state index contributed by atoms with van der Waals surface area (Å²) in [7, 11) is -3.36. The highest BCUT2D eigenvalue weighted by Crippen LogP contribution is 2.34. The Morgan fingerprint density at radius 1 is 1.08 bits per heavy atom. The average molecular weight is 566 g/mol. The number of hydrogen-bond acceptors (Lipinski definition) is 5. The molecule has 1 fully saturated rings. The van der Waals surface area contributed by atoms with Gasteiger partial charge in [0.2, 0.25) is 0 Å². The summed E-state index contributed by atoms with van der Waals surface area (Å²) in [6.45, 7) is 5.19. The van der Waals surface area contributed by atoms with Crippen LogP contribution in [0, 0.1) is 5.92 Å². The standard InChI is InChI=1S/C28H34F3N3O4S/c1-3-34-23(17-33-13-11-22(12-14-33)28(29,30)31)16-21-15-20(7-10-26(21)34)27(36)32-25(18-35)19-5-8-24(9-6-19)39(37,38)4-2/h5-10,15-16,22,25,35H,3-4,11-14,17-18H2,1-2H3,(H,32,36). The number of aryl methyl sites for hydroxylation is 1. The van der Waals surface area contributed by atoms with Crippen LogP contribution in [0.4, 0.5) is 13.2 Å². The summed E-state index contributed by atoms with van der Waals surface area (Å²) in [5, 5.41) is 13.6. The minimum absolute atomic E-state index is 0.0208. The highest BCUT2D eigenvalue weighted by molar-refractivity contribution is 7.91. The molecule has 39 heavy (non-hydrogen) atoms. The summed E-state index contributed by atoms with van der Waals surface area (Å²) >= 11 is 0. The fourth-order valence-electron chi connectivity index (χ4n) is 5.17. The number of amides is 1. The van der Waals surface area contributed by atoms with Crippen LogP contribution < -0.4 is 5.32 Å². The first-order chi connectivity index (χ1) is 18.5.